The molecule has 0 radical (unpaired) electrons. The molecular weight excluding hydrogens is 222 g/mol. The number of nitrogens with one attached hydrogen (secondary N) is 1. The molecule has 1 aliphatic rings. The lowest BCUT2D eigenvalue weighted by atomic mass is 10.1. The monoisotopic (exact) mass is 241 g/mol. The van der Waals surface area contributed by atoms with Crippen LogP contribution in [0.1, 0.15) is 23.7 Å². The third-order valence-corrected chi connectivity index (χ3v) is 3.80. The molecule has 0 spiro atoms. The lowest BCUT2D eigenvalue weighted by Crippen LogP contribution is -2.11. The van der Waals surface area contributed by atoms with Crippen molar-refractivity contribution in [3.8, 4) is 11.3 Å². The summed E-state index contributed by atoms with van der Waals surface area (Å²) in [7, 11) is 2.12. The van der Waals surface area contributed by atoms with E-state index in [0.717, 1.165) is 13.1 Å². The van der Waals surface area contributed by atoms with Crippen LogP contribution in [0.2, 0.25) is 0 Å². The Morgan fingerprint density at radius 2 is 2.06 bits per heavy atom. The molecule has 18 heavy (non-hydrogen) atoms. The summed E-state index contributed by atoms with van der Waals surface area (Å²) in [6.45, 7) is 4.28. The van der Waals surface area contributed by atoms with E-state index in [1.807, 2.05) is 6.20 Å². The number of aryl methyl sites for hydroxylation is 1. The van der Waals surface area contributed by atoms with Gasteiger partial charge in [-0.3, -0.25) is 0 Å². The van der Waals surface area contributed by atoms with Crippen LogP contribution in [0.25, 0.3) is 11.3 Å². The number of nitrogens with zero attached hydrogens (tertiary/aromatic N) is 2. The van der Waals surface area contributed by atoms with Crippen molar-refractivity contribution in [1.82, 2.24) is 14.9 Å². The Balaban J connectivity index is 1.96. The van der Waals surface area contributed by atoms with Crippen molar-refractivity contribution >= 4 is 0 Å². The van der Waals surface area contributed by atoms with Crippen LogP contribution in [-0.2, 0) is 7.05 Å². The van der Waals surface area contributed by atoms with Gasteiger partial charge in [-0.2, -0.15) is 0 Å². The van der Waals surface area contributed by atoms with Crippen molar-refractivity contribution in [2.75, 3.05) is 13.1 Å². The summed E-state index contributed by atoms with van der Waals surface area (Å²) in [6.07, 6.45) is 3.19. The molecule has 1 N–H and O–H groups in total. The van der Waals surface area contributed by atoms with Gasteiger partial charge in [-0.05, 0) is 25.5 Å². The molecule has 1 unspecified atom stereocenters. The fourth-order valence-corrected chi connectivity index (χ4v) is 2.67. The second-order valence-electron chi connectivity index (χ2n) is 5.12. The van der Waals surface area contributed by atoms with Crippen LogP contribution < -0.4 is 5.32 Å². The highest BCUT2D eigenvalue weighted by Gasteiger charge is 2.21. The average Bonchev–Trinajstić information content (AvgIpc) is 2.99. The van der Waals surface area contributed by atoms with Gasteiger partial charge in [0, 0.05) is 19.5 Å². The van der Waals surface area contributed by atoms with Gasteiger partial charge in [-0.15, -0.1) is 0 Å². The highest BCUT2D eigenvalue weighted by Crippen LogP contribution is 2.26. The van der Waals surface area contributed by atoms with Gasteiger partial charge < -0.3 is 9.88 Å². The van der Waals surface area contributed by atoms with E-state index in [4.69, 9.17) is 0 Å². The molecule has 2 heterocycles. The topological polar surface area (TPSA) is 29.9 Å². The minimum atomic E-state index is 0.564. The molecular formula is C15H19N3. The molecule has 1 aliphatic heterocycles. The summed E-state index contributed by atoms with van der Waals surface area (Å²) < 4.78 is 2.24. The standard InChI is InChI=1S/C15H19N3/c1-11-3-5-12(6-4-11)14-10-17-15(18(14)2)13-7-8-16-9-13/h3-6,10,13,16H,7-9H2,1-2H3. The first-order valence-electron chi connectivity index (χ1n) is 6.55. The number of rotatable bonds is 2. The Labute approximate surface area is 108 Å². The molecule has 3 rings (SSSR count). The Morgan fingerprint density at radius 3 is 2.72 bits per heavy atom. The van der Waals surface area contributed by atoms with Crippen LogP contribution in [0.3, 0.4) is 0 Å². The number of imidazole rings is 1. The maximum atomic E-state index is 4.62. The third-order valence-electron chi connectivity index (χ3n) is 3.80. The fraction of sp³-hybridized carbons (Fsp3) is 0.400. The zero-order valence-corrected chi connectivity index (χ0v) is 11.0. The quantitative estimate of drug-likeness (QED) is 0.875. The van der Waals surface area contributed by atoms with Gasteiger partial charge in [0.25, 0.3) is 0 Å². The highest BCUT2D eigenvalue weighted by molar-refractivity contribution is 5.59. The molecule has 1 atom stereocenters. The zero-order chi connectivity index (χ0) is 12.5. The maximum Gasteiger partial charge on any atom is 0.113 e. The van der Waals surface area contributed by atoms with Gasteiger partial charge in [-0.25, -0.2) is 4.98 Å². The van der Waals surface area contributed by atoms with Crippen molar-refractivity contribution in [2.45, 2.75) is 19.3 Å². The third kappa shape index (κ3) is 1.95. The second kappa shape index (κ2) is 4.58. The van der Waals surface area contributed by atoms with E-state index >= 15 is 0 Å². The van der Waals surface area contributed by atoms with E-state index < -0.39 is 0 Å². The minimum absolute atomic E-state index is 0.564. The Kier molecular flexibility index (Phi) is 2.92. The first-order chi connectivity index (χ1) is 8.75. The second-order valence-corrected chi connectivity index (χ2v) is 5.12. The van der Waals surface area contributed by atoms with Crippen molar-refractivity contribution in [1.29, 1.82) is 0 Å². The van der Waals surface area contributed by atoms with Crippen LogP contribution in [0, 0.1) is 6.92 Å². The van der Waals surface area contributed by atoms with Crippen molar-refractivity contribution in [2.24, 2.45) is 7.05 Å². The van der Waals surface area contributed by atoms with Crippen LogP contribution in [0.4, 0.5) is 0 Å². The predicted octanol–water partition coefficient (Wildman–Crippen LogP) is 2.47. The summed E-state index contributed by atoms with van der Waals surface area (Å²) in [5.41, 5.74) is 3.74. The van der Waals surface area contributed by atoms with Crippen LogP contribution in [0.15, 0.2) is 30.5 Å². The average molecular weight is 241 g/mol. The summed E-state index contributed by atoms with van der Waals surface area (Å²) in [5.74, 6) is 1.77. The number of aromatic nitrogens is 2. The molecule has 0 aliphatic carbocycles. The maximum absolute atomic E-state index is 4.62. The van der Waals surface area contributed by atoms with Crippen LogP contribution in [0.5, 0.6) is 0 Å². The summed E-state index contributed by atoms with van der Waals surface area (Å²) in [5, 5.41) is 3.40. The molecule has 3 heteroatoms. The van der Waals surface area contributed by atoms with E-state index in [1.165, 1.54) is 29.1 Å². The minimum Gasteiger partial charge on any atom is -0.331 e. The van der Waals surface area contributed by atoms with Gasteiger partial charge >= 0.3 is 0 Å². The van der Waals surface area contributed by atoms with E-state index in [-0.39, 0.29) is 0 Å². The fourth-order valence-electron chi connectivity index (χ4n) is 2.67. The number of hydrogen-bond donors (Lipinski definition) is 1. The first kappa shape index (κ1) is 11.5. The number of benzene rings is 1. The molecule has 1 aromatic heterocycles. The molecule has 3 nitrogen and oxygen atoms in total. The van der Waals surface area contributed by atoms with E-state index in [1.54, 1.807) is 0 Å². The lowest BCUT2D eigenvalue weighted by molar-refractivity contribution is 0.662. The molecule has 1 saturated heterocycles. The van der Waals surface area contributed by atoms with Gasteiger partial charge in [0.1, 0.15) is 5.82 Å². The summed E-state index contributed by atoms with van der Waals surface area (Å²) in [6, 6.07) is 8.64. The Hall–Kier alpha value is -1.61. The highest BCUT2D eigenvalue weighted by atomic mass is 15.1. The molecule has 2 aromatic rings. The van der Waals surface area contributed by atoms with Gasteiger partial charge in [0.15, 0.2) is 0 Å². The Bertz CT molecular complexity index is 533. The molecule has 94 valence electrons. The molecule has 1 fully saturated rings. The van der Waals surface area contributed by atoms with Crippen molar-refractivity contribution in [3.63, 3.8) is 0 Å². The summed E-state index contributed by atoms with van der Waals surface area (Å²) >= 11 is 0. The molecule has 0 bridgehead atoms. The van der Waals surface area contributed by atoms with Gasteiger partial charge in [0.2, 0.25) is 0 Å². The molecule has 1 aromatic carbocycles. The number of hydrogen-bond acceptors (Lipinski definition) is 2. The SMILES string of the molecule is Cc1ccc(-c2cnc(C3CCNC3)n2C)cc1. The predicted molar refractivity (Wildman–Crippen MR) is 73.6 cm³/mol. The van der Waals surface area contributed by atoms with Crippen LogP contribution in [-0.4, -0.2) is 22.6 Å². The van der Waals surface area contributed by atoms with Crippen molar-refractivity contribution in [3.05, 3.63) is 41.9 Å². The molecule has 0 saturated carbocycles. The van der Waals surface area contributed by atoms with E-state index in [9.17, 15) is 0 Å². The smallest absolute Gasteiger partial charge is 0.113 e. The molecule has 0 amide bonds. The zero-order valence-electron chi connectivity index (χ0n) is 11.0. The van der Waals surface area contributed by atoms with Gasteiger partial charge in [-0.1, -0.05) is 29.8 Å². The van der Waals surface area contributed by atoms with Crippen LogP contribution >= 0.6 is 0 Å². The first-order valence-corrected chi connectivity index (χ1v) is 6.55. The lowest BCUT2D eigenvalue weighted by Gasteiger charge is -2.10. The van der Waals surface area contributed by atoms with E-state index in [0.29, 0.717) is 5.92 Å². The summed E-state index contributed by atoms with van der Waals surface area (Å²) in [4.78, 5) is 4.62. The largest absolute Gasteiger partial charge is 0.331 e. The Morgan fingerprint density at radius 1 is 1.28 bits per heavy atom. The normalized spacial score (nSPS) is 19.3. The van der Waals surface area contributed by atoms with E-state index in [2.05, 4.69) is 53.1 Å². The van der Waals surface area contributed by atoms with Gasteiger partial charge in [0.05, 0.1) is 11.9 Å². The van der Waals surface area contributed by atoms with Crippen molar-refractivity contribution < 1.29 is 0 Å².